The molecule has 0 aliphatic rings. The largest absolute Gasteiger partial charge is 0.471 e. The Morgan fingerprint density at radius 1 is 0.964 bits per heavy atom. The second kappa shape index (κ2) is 6.58. The zero-order valence-electron chi connectivity index (χ0n) is 12.8. The average molecular weight is 413 g/mol. The number of nitrogens with zero attached hydrogens (tertiary/aromatic N) is 3. The molecule has 0 spiro atoms. The number of nitrogens with one attached hydrogen (secondary N) is 2. The van der Waals surface area contributed by atoms with Crippen LogP contribution in [0.4, 0.5) is 41.1 Å². The van der Waals surface area contributed by atoms with Crippen LogP contribution in [-0.4, -0.2) is 32.0 Å². The summed E-state index contributed by atoms with van der Waals surface area (Å²) in [5.41, 5.74) is -0.805. The first-order chi connectivity index (χ1) is 13.0. The maximum absolute atomic E-state index is 13.7. The molecule has 3 rings (SSSR count). The van der Waals surface area contributed by atoms with Crippen LogP contribution in [0.2, 0.25) is 0 Å². The van der Waals surface area contributed by atoms with Gasteiger partial charge in [0, 0.05) is 0 Å². The van der Waals surface area contributed by atoms with Crippen molar-refractivity contribution in [2.45, 2.75) is 6.18 Å². The first-order valence-electron chi connectivity index (χ1n) is 6.79. The van der Waals surface area contributed by atoms with E-state index < -0.39 is 64.4 Å². The predicted octanol–water partition coefficient (Wildman–Crippen LogP) is 3.34. The number of ether oxygens (including phenoxy) is 1. The topological polar surface area (TPSA) is 92.8 Å². The summed E-state index contributed by atoms with van der Waals surface area (Å²) in [6.07, 6.45) is -4.41. The van der Waals surface area contributed by atoms with Crippen LogP contribution >= 0.6 is 0 Å². The third kappa shape index (κ3) is 3.25. The minimum atomic E-state index is -5.33. The van der Waals surface area contributed by atoms with E-state index in [0.29, 0.717) is 0 Å². The number of halogens is 8. The Balaban J connectivity index is 2.09. The van der Waals surface area contributed by atoms with Crippen molar-refractivity contribution < 1.29 is 44.7 Å². The van der Waals surface area contributed by atoms with E-state index in [9.17, 15) is 39.9 Å². The van der Waals surface area contributed by atoms with Gasteiger partial charge in [-0.1, -0.05) is 0 Å². The SMILES string of the molecule is O=C(Nc1nc(Oc2c(F)c(F)c(F)c(F)c2F)c2[nH]cnc2n1)C(F)(F)F. The Morgan fingerprint density at radius 2 is 1.54 bits per heavy atom. The lowest BCUT2D eigenvalue weighted by molar-refractivity contribution is -0.167. The van der Waals surface area contributed by atoms with Crippen LogP contribution in [0.1, 0.15) is 0 Å². The minimum Gasteiger partial charge on any atom is -0.430 e. The molecule has 0 saturated carbocycles. The third-order valence-corrected chi connectivity index (χ3v) is 3.10. The molecule has 2 heterocycles. The summed E-state index contributed by atoms with van der Waals surface area (Å²) in [6, 6.07) is 0. The molecule has 2 aromatic heterocycles. The number of imidazole rings is 1. The van der Waals surface area contributed by atoms with Gasteiger partial charge in [-0.05, 0) is 0 Å². The van der Waals surface area contributed by atoms with Gasteiger partial charge in [0.15, 0.2) is 5.65 Å². The summed E-state index contributed by atoms with van der Waals surface area (Å²) < 4.78 is 109. The summed E-state index contributed by atoms with van der Waals surface area (Å²) in [6.45, 7) is 0. The van der Waals surface area contributed by atoms with Crippen molar-refractivity contribution in [2.24, 2.45) is 0 Å². The maximum Gasteiger partial charge on any atom is 0.471 e. The Morgan fingerprint density at radius 3 is 2.11 bits per heavy atom. The molecule has 1 amide bonds. The first kappa shape index (κ1) is 19.2. The van der Waals surface area contributed by atoms with E-state index in [1.807, 2.05) is 0 Å². The second-order valence-corrected chi connectivity index (χ2v) is 4.91. The van der Waals surface area contributed by atoms with E-state index in [2.05, 4.69) is 24.7 Å². The van der Waals surface area contributed by atoms with E-state index >= 15 is 0 Å². The summed E-state index contributed by atoms with van der Waals surface area (Å²) >= 11 is 0. The number of aromatic nitrogens is 4. The molecule has 0 fully saturated rings. The van der Waals surface area contributed by atoms with Gasteiger partial charge in [-0.25, -0.2) is 18.2 Å². The highest BCUT2D eigenvalue weighted by atomic mass is 19.4. The Labute approximate surface area is 147 Å². The zero-order valence-corrected chi connectivity index (χ0v) is 12.8. The molecule has 0 bridgehead atoms. The molecule has 0 saturated heterocycles. The number of hydrogen-bond acceptors (Lipinski definition) is 5. The number of amides is 1. The summed E-state index contributed by atoms with van der Waals surface area (Å²) in [5.74, 6) is -18.1. The third-order valence-electron chi connectivity index (χ3n) is 3.10. The smallest absolute Gasteiger partial charge is 0.430 e. The normalized spacial score (nSPS) is 11.7. The quantitative estimate of drug-likeness (QED) is 0.391. The van der Waals surface area contributed by atoms with Crippen LogP contribution in [0.25, 0.3) is 11.2 Å². The molecule has 0 aliphatic heterocycles. The lowest BCUT2D eigenvalue weighted by Gasteiger charge is -2.11. The molecule has 1 aromatic carbocycles. The van der Waals surface area contributed by atoms with Gasteiger partial charge in [0.25, 0.3) is 5.88 Å². The van der Waals surface area contributed by atoms with Crippen molar-refractivity contribution >= 4 is 23.0 Å². The number of aromatic amines is 1. The molecule has 7 nitrogen and oxygen atoms in total. The maximum atomic E-state index is 13.7. The Bertz CT molecular complexity index is 1070. The number of rotatable bonds is 3. The van der Waals surface area contributed by atoms with Crippen molar-refractivity contribution in [2.75, 3.05) is 5.32 Å². The highest BCUT2D eigenvalue weighted by molar-refractivity contribution is 5.94. The first-order valence-corrected chi connectivity index (χ1v) is 6.79. The van der Waals surface area contributed by atoms with Crippen LogP contribution in [0.15, 0.2) is 6.33 Å². The number of carbonyl (C=O) groups excluding carboxylic acids is 1. The van der Waals surface area contributed by atoms with E-state index in [1.54, 1.807) is 0 Å². The van der Waals surface area contributed by atoms with Gasteiger partial charge in [-0.15, -0.1) is 0 Å². The number of H-pyrrole nitrogens is 1. The standard InChI is InChI=1S/C13H3F8N5O2/c14-2-3(15)5(17)8(6(18)4(2)16)28-10-7-9(23-1-22-7)24-12(25-10)26-11(27)13(19,20)21/h1H,(H2,22,23,24,25,26,27). The lowest BCUT2D eigenvalue weighted by Crippen LogP contribution is -2.30. The molecule has 148 valence electrons. The highest BCUT2D eigenvalue weighted by Crippen LogP contribution is 2.34. The van der Waals surface area contributed by atoms with Crippen LogP contribution in [-0.2, 0) is 4.79 Å². The molecule has 0 aliphatic carbocycles. The van der Waals surface area contributed by atoms with Crippen molar-refractivity contribution in [3.63, 3.8) is 0 Å². The van der Waals surface area contributed by atoms with Gasteiger partial charge < -0.3 is 9.72 Å². The summed E-state index contributed by atoms with van der Waals surface area (Å²) in [7, 11) is 0. The van der Waals surface area contributed by atoms with Gasteiger partial charge in [-0.3, -0.25) is 10.1 Å². The fourth-order valence-corrected chi connectivity index (χ4v) is 1.88. The van der Waals surface area contributed by atoms with Crippen LogP contribution < -0.4 is 10.1 Å². The van der Waals surface area contributed by atoms with Gasteiger partial charge >= 0.3 is 12.1 Å². The molecule has 15 heteroatoms. The number of hydrogen-bond donors (Lipinski definition) is 2. The molecule has 0 atom stereocenters. The summed E-state index contributed by atoms with van der Waals surface area (Å²) in [4.78, 5) is 23.5. The number of anilines is 1. The number of fused-ring (bicyclic) bond motifs is 1. The fraction of sp³-hybridized carbons (Fsp3) is 0.0769. The molecule has 0 unspecified atom stereocenters. The molecule has 3 aromatic rings. The highest BCUT2D eigenvalue weighted by Gasteiger charge is 2.39. The van der Waals surface area contributed by atoms with Crippen LogP contribution in [0.5, 0.6) is 11.6 Å². The monoisotopic (exact) mass is 413 g/mol. The summed E-state index contributed by atoms with van der Waals surface area (Å²) in [5, 5.41) is 1.24. The Hall–Kier alpha value is -3.52. The van der Waals surface area contributed by atoms with Crippen LogP contribution in [0, 0.1) is 29.1 Å². The van der Waals surface area contributed by atoms with Crippen molar-refractivity contribution in [1.29, 1.82) is 0 Å². The Kier molecular flexibility index (Phi) is 4.52. The molecule has 28 heavy (non-hydrogen) atoms. The number of carbonyl (C=O) groups is 1. The van der Waals surface area contributed by atoms with E-state index in [4.69, 9.17) is 0 Å². The second-order valence-electron chi connectivity index (χ2n) is 4.91. The van der Waals surface area contributed by atoms with E-state index in [1.165, 1.54) is 5.32 Å². The van der Waals surface area contributed by atoms with Crippen molar-refractivity contribution in [3.05, 3.63) is 35.4 Å². The van der Waals surface area contributed by atoms with Crippen molar-refractivity contribution in [1.82, 2.24) is 19.9 Å². The zero-order chi connectivity index (χ0) is 20.8. The van der Waals surface area contributed by atoms with Gasteiger partial charge in [0.1, 0.15) is 5.52 Å². The van der Waals surface area contributed by atoms with Crippen molar-refractivity contribution in [3.8, 4) is 11.6 Å². The molecular formula is C13H3F8N5O2. The molecule has 2 N–H and O–H groups in total. The molecular weight excluding hydrogens is 410 g/mol. The van der Waals surface area contributed by atoms with E-state index in [-0.39, 0.29) is 5.52 Å². The predicted molar refractivity (Wildman–Crippen MR) is 72.7 cm³/mol. The lowest BCUT2D eigenvalue weighted by atomic mass is 10.2. The van der Waals surface area contributed by atoms with Gasteiger partial charge in [-0.2, -0.15) is 31.9 Å². The fourth-order valence-electron chi connectivity index (χ4n) is 1.88. The van der Waals surface area contributed by atoms with Crippen LogP contribution in [0.3, 0.4) is 0 Å². The van der Waals surface area contributed by atoms with Gasteiger partial charge in [0.05, 0.1) is 6.33 Å². The minimum absolute atomic E-state index is 0.367. The average Bonchev–Trinajstić information content (AvgIpc) is 3.09. The number of benzene rings is 1. The van der Waals surface area contributed by atoms with E-state index in [0.717, 1.165) is 6.33 Å². The number of alkyl halides is 3. The van der Waals surface area contributed by atoms with Gasteiger partial charge in [0.2, 0.25) is 40.8 Å². The molecule has 0 radical (unpaired) electrons.